The van der Waals surface area contributed by atoms with E-state index in [1.807, 2.05) is 0 Å². The summed E-state index contributed by atoms with van der Waals surface area (Å²) in [4.78, 5) is 24.8. The van der Waals surface area contributed by atoms with Gasteiger partial charge in [-0.2, -0.15) is 0 Å². The molecule has 30 heavy (non-hydrogen) atoms. The van der Waals surface area contributed by atoms with E-state index in [0.717, 1.165) is 10.6 Å². The number of hydrogen-bond donors (Lipinski definition) is 2. The molecule has 0 atom stereocenters. The van der Waals surface area contributed by atoms with Gasteiger partial charge in [-0.05, 0) is 56.7 Å². The molecule has 0 aromatic heterocycles. The Hall–Kier alpha value is -2.92. The number of sulfonamides is 2. The molecule has 0 unspecified atom stereocenters. The zero-order chi connectivity index (χ0) is 22.4. The number of rotatable bonds is 5. The third kappa shape index (κ3) is 4.03. The quantitative estimate of drug-likeness (QED) is 0.717. The van der Waals surface area contributed by atoms with E-state index in [1.54, 1.807) is 32.9 Å². The van der Waals surface area contributed by atoms with Crippen molar-refractivity contribution in [2.45, 2.75) is 31.7 Å². The van der Waals surface area contributed by atoms with Crippen LogP contribution < -0.4 is 10.0 Å². The molecule has 2 aromatic rings. The Morgan fingerprint density at radius 2 is 1.77 bits per heavy atom. The average Bonchev–Trinajstić information content (AvgIpc) is 2.82. The molecule has 3 rings (SSSR count). The number of aryl methyl sites for hydroxylation is 1. The second-order valence-electron chi connectivity index (χ2n) is 7.27. The molecular formula is C19H21N3O6S2. The summed E-state index contributed by atoms with van der Waals surface area (Å²) in [5.41, 5.74) is 1.36. The van der Waals surface area contributed by atoms with Crippen molar-refractivity contribution in [1.82, 2.24) is 4.31 Å². The zero-order valence-electron chi connectivity index (χ0n) is 16.8. The van der Waals surface area contributed by atoms with Crippen molar-refractivity contribution in [2.75, 3.05) is 16.3 Å². The van der Waals surface area contributed by atoms with E-state index in [4.69, 9.17) is 0 Å². The molecule has 0 saturated heterocycles. The number of amides is 2. The van der Waals surface area contributed by atoms with Crippen molar-refractivity contribution < 1.29 is 26.4 Å². The van der Waals surface area contributed by atoms with Crippen LogP contribution in [0.2, 0.25) is 0 Å². The van der Waals surface area contributed by atoms with Crippen LogP contribution in [0, 0.1) is 6.92 Å². The van der Waals surface area contributed by atoms with Crippen LogP contribution in [-0.2, 0) is 20.0 Å². The van der Waals surface area contributed by atoms with Crippen molar-refractivity contribution in [3.8, 4) is 0 Å². The molecule has 1 aliphatic heterocycles. The molecule has 0 saturated carbocycles. The highest BCUT2D eigenvalue weighted by Crippen LogP contribution is 2.33. The van der Waals surface area contributed by atoms with E-state index < -0.39 is 37.9 Å². The standard InChI is InChI=1S/C19H21N3O6S2/c1-11(2)22-19(24)15-8-6-13(9-17(15)30(22,27)28)18(23)20-14-7-5-12(3)16(10-14)21-29(4,25)26/h5-11,21H,1-4H3,(H,20,23). The van der Waals surface area contributed by atoms with Crippen molar-refractivity contribution >= 4 is 43.2 Å². The van der Waals surface area contributed by atoms with Crippen molar-refractivity contribution in [3.05, 3.63) is 53.1 Å². The van der Waals surface area contributed by atoms with Gasteiger partial charge in [0.15, 0.2) is 0 Å². The molecule has 2 aromatic carbocycles. The fourth-order valence-corrected chi connectivity index (χ4v) is 5.52. The molecule has 0 bridgehead atoms. The van der Waals surface area contributed by atoms with E-state index in [0.29, 0.717) is 16.9 Å². The van der Waals surface area contributed by atoms with Crippen LogP contribution in [0.5, 0.6) is 0 Å². The number of carbonyl (C=O) groups is 2. The number of anilines is 2. The predicted molar refractivity (Wildman–Crippen MR) is 113 cm³/mol. The van der Waals surface area contributed by atoms with E-state index in [1.165, 1.54) is 24.3 Å². The Morgan fingerprint density at radius 3 is 2.37 bits per heavy atom. The maximum absolute atomic E-state index is 12.7. The molecule has 160 valence electrons. The molecule has 9 nitrogen and oxygen atoms in total. The lowest BCUT2D eigenvalue weighted by molar-refractivity contribution is 0.0846. The number of nitrogens with one attached hydrogen (secondary N) is 2. The highest BCUT2D eigenvalue weighted by molar-refractivity contribution is 7.92. The minimum atomic E-state index is -4.03. The zero-order valence-corrected chi connectivity index (χ0v) is 18.4. The Labute approximate surface area is 175 Å². The topological polar surface area (TPSA) is 130 Å². The van der Waals surface area contributed by atoms with Gasteiger partial charge in [0.25, 0.3) is 21.8 Å². The molecule has 1 aliphatic rings. The highest BCUT2D eigenvalue weighted by Gasteiger charge is 2.42. The van der Waals surface area contributed by atoms with Gasteiger partial charge in [-0.25, -0.2) is 21.1 Å². The van der Waals surface area contributed by atoms with Gasteiger partial charge in [-0.1, -0.05) is 6.07 Å². The highest BCUT2D eigenvalue weighted by atomic mass is 32.2. The second kappa shape index (κ2) is 7.40. The first-order valence-corrected chi connectivity index (χ1v) is 12.3. The smallest absolute Gasteiger partial charge is 0.269 e. The lowest BCUT2D eigenvalue weighted by Gasteiger charge is -2.18. The largest absolute Gasteiger partial charge is 0.322 e. The predicted octanol–water partition coefficient (Wildman–Crippen LogP) is 2.17. The summed E-state index contributed by atoms with van der Waals surface area (Å²) in [6.07, 6.45) is 1.02. The maximum Gasteiger partial charge on any atom is 0.269 e. The molecule has 0 radical (unpaired) electrons. The van der Waals surface area contributed by atoms with Gasteiger partial charge < -0.3 is 5.32 Å². The number of fused-ring (bicyclic) bond motifs is 1. The SMILES string of the molecule is Cc1ccc(NC(=O)c2ccc3c(c2)S(=O)(=O)N(C(C)C)C3=O)cc1NS(C)(=O)=O. The number of nitrogens with zero attached hydrogens (tertiary/aromatic N) is 1. The first kappa shape index (κ1) is 21.8. The van der Waals surface area contributed by atoms with Crippen LogP contribution in [0.4, 0.5) is 11.4 Å². The first-order valence-electron chi connectivity index (χ1n) is 8.94. The molecule has 11 heteroatoms. The van der Waals surface area contributed by atoms with Gasteiger partial charge in [0, 0.05) is 17.3 Å². The van der Waals surface area contributed by atoms with Crippen LogP contribution in [0.25, 0.3) is 0 Å². The van der Waals surface area contributed by atoms with E-state index >= 15 is 0 Å². The summed E-state index contributed by atoms with van der Waals surface area (Å²) >= 11 is 0. The summed E-state index contributed by atoms with van der Waals surface area (Å²) in [5, 5.41) is 2.61. The number of hydrogen-bond acceptors (Lipinski definition) is 6. The first-order chi connectivity index (χ1) is 13.8. The number of benzene rings is 2. The van der Waals surface area contributed by atoms with Crippen molar-refractivity contribution in [3.63, 3.8) is 0 Å². The fourth-order valence-electron chi connectivity index (χ4n) is 3.11. The minimum absolute atomic E-state index is 0.0234. The van der Waals surface area contributed by atoms with Gasteiger partial charge in [0.05, 0.1) is 17.5 Å². The summed E-state index contributed by atoms with van der Waals surface area (Å²) in [6.45, 7) is 4.89. The van der Waals surface area contributed by atoms with Gasteiger partial charge in [0.1, 0.15) is 4.90 Å². The van der Waals surface area contributed by atoms with Crippen molar-refractivity contribution in [2.24, 2.45) is 0 Å². The lowest BCUT2D eigenvalue weighted by atomic mass is 10.1. The molecule has 0 aliphatic carbocycles. The second-order valence-corrected chi connectivity index (χ2v) is 10.8. The Balaban J connectivity index is 1.92. The molecule has 2 N–H and O–H groups in total. The van der Waals surface area contributed by atoms with E-state index in [9.17, 15) is 26.4 Å². The minimum Gasteiger partial charge on any atom is -0.322 e. The molecule has 2 amide bonds. The van der Waals surface area contributed by atoms with Crippen LogP contribution in [-0.4, -0.2) is 45.3 Å². The monoisotopic (exact) mass is 451 g/mol. The van der Waals surface area contributed by atoms with E-state index in [-0.39, 0.29) is 16.0 Å². The normalized spacial score (nSPS) is 15.2. The van der Waals surface area contributed by atoms with Gasteiger partial charge in [-0.3, -0.25) is 14.3 Å². The Morgan fingerprint density at radius 1 is 1.10 bits per heavy atom. The Bertz CT molecular complexity index is 1270. The average molecular weight is 452 g/mol. The van der Waals surface area contributed by atoms with Crippen molar-refractivity contribution in [1.29, 1.82) is 0 Å². The summed E-state index contributed by atoms with van der Waals surface area (Å²) in [6, 6.07) is 7.99. The summed E-state index contributed by atoms with van der Waals surface area (Å²) in [7, 11) is -7.53. The molecule has 0 fully saturated rings. The summed E-state index contributed by atoms with van der Waals surface area (Å²) < 4.78 is 51.5. The van der Waals surface area contributed by atoms with Gasteiger partial charge >= 0.3 is 0 Å². The van der Waals surface area contributed by atoms with Crippen LogP contribution in [0.15, 0.2) is 41.3 Å². The van der Waals surface area contributed by atoms with Crippen LogP contribution in [0.1, 0.15) is 40.1 Å². The fraction of sp³-hybridized carbons (Fsp3) is 0.263. The molecule has 0 spiro atoms. The Kier molecular flexibility index (Phi) is 5.37. The summed E-state index contributed by atoms with van der Waals surface area (Å²) in [5.74, 6) is -1.22. The van der Waals surface area contributed by atoms with Gasteiger partial charge in [-0.15, -0.1) is 0 Å². The molecular weight excluding hydrogens is 430 g/mol. The lowest BCUT2D eigenvalue weighted by Crippen LogP contribution is -2.36. The van der Waals surface area contributed by atoms with E-state index in [2.05, 4.69) is 10.0 Å². The molecule has 1 heterocycles. The third-order valence-electron chi connectivity index (χ3n) is 4.47. The maximum atomic E-state index is 12.7. The van der Waals surface area contributed by atoms with Crippen LogP contribution in [0.3, 0.4) is 0 Å². The number of carbonyl (C=O) groups excluding carboxylic acids is 2. The van der Waals surface area contributed by atoms with Gasteiger partial charge in [0.2, 0.25) is 10.0 Å². The third-order valence-corrected chi connectivity index (χ3v) is 7.06. The van der Waals surface area contributed by atoms with Crippen LogP contribution >= 0.6 is 0 Å².